The molecule has 0 aromatic carbocycles. The van der Waals surface area contributed by atoms with Crippen molar-refractivity contribution in [2.45, 2.75) is 25.8 Å². The molecule has 1 aromatic heterocycles. The lowest BCUT2D eigenvalue weighted by Crippen LogP contribution is -2.28. The number of aromatic nitrogens is 2. The van der Waals surface area contributed by atoms with Crippen LogP contribution in [0.1, 0.15) is 19.8 Å². The highest BCUT2D eigenvalue weighted by Gasteiger charge is 2.29. The Balaban J connectivity index is 2.44. The molecule has 0 bridgehead atoms. The van der Waals surface area contributed by atoms with E-state index in [1.165, 1.54) is 6.20 Å². The van der Waals surface area contributed by atoms with Gasteiger partial charge < -0.3 is 10.2 Å². The van der Waals surface area contributed by atoms with Crippen LogP contribution in [-0.4, -0.2) is 34.5 Å². The second-order valence-corrected chi connectivity index (χ2v) is 4.09. The van der Waals surface area contributed by atoms with Gasteiger partial charge in [0.2, 0.25) is 11.8 Å². The van der Waals surface area contributed by atoms with E-state index in [1.807, 2.05) is 4.90 Å². The van der Waals surface area contributed by atoms with Crippen molar-refractivity contribution in [3.05, 3.63) is 16.3 Å². The minimum absolute atomic E-state index is 0.0299. The first-order chi connectivity index (χ1) is 8.13. The molecule has 7 heteroatoms. The van der Waals surface area contributed by atoms with Crippen LogP contribution in [-0.2, 0) is 0 Å². The number of hydrogen-bond acceptors (Lipinski definition) is 6. The molecule has 1 fully saturated rings. The zero-order valence-electron chi connectivity index (χ0n) is 9.88. The summed E-state index contributed by atoms with van der Waals surface area (Å²) in [5.41, 5.74) is -0.0299. The number of rotatable bonds is 3. The van der Waals surface area contributed by atoms with Gasteiger partial charge in [0.25, 0.3) is 0 Å². The molecule has 1 unspecified atom stereocenters. The van der Waals surface area contributed by atoms with E-state index >= 15 is 0 Å². The van der Waals surface area contributed by atoms with Gasteiger partial charge in [-0.1, -0.05) is 0 Å². The monoisotopic (exact) mass is 237 g/mol. The van der Waals surface area contributed by atoms with Gasteiger partial charge in [-0.3, -0.25) is 10.1 Å². The van der Waals surface area contributed by atoms with Crippen LogP contribution in [0.3, 0.4) is 0 Å². The van der Waals surface area contributed by atoms with Gasteiger partial charge in [-0.25, -0.2) is 4.98 Å². The summed E-state index contributed by atoms with van der Waals surface area (Å²) in [6.07, 6.45) is 3.34. The van der Waals surface area contributed by atoms with E-state index < -0.39 is 4.92 Å². The van der Waals surface area contributed by atoms with Crippen molar-refractivity contribution in [1.82, 2.24) is 9.97 Å². The second-order valence-electron chi connectivity index (χ2n) is 4.09. The van der Waals surface area contributed by atoms with Crippen molar-refractivity contribution in [2.75, 3.05) is 23.8 Å². The Morgan fingerprint density at radius 1 is 1.65 bits per heavy atom. The fourth-order valence-electron chi connectivity index (χ4n) is 2.07. The maximum absolute atomic E-state index is 11.0. The first-order valence-electron chi connectivity index (χ1n) is 5.59. The third-order valence-corrected chi connectivity index (χ3v) is 3.00. The Bertz CT molecular complexity index is 437. The summed E-state index contributed by atoms with van der Waals surface area (Å²) < 4.78 is 0. The first kappa shape index (κ1) is 11.6. The van der Waals surface area contributed by atoms with E-state index in [4.69, 9.17) is 0 Å². The van der Waals surface area contributed by atoms with Gasteiger partial charge in [-0.2, -0.15) is 4.98 Å². The summed E-state index contributed by atoms with van der Waals surface area (Å²) in [5, 5.41) is 13.8. The number of anilines is 2. The third kappa shape index (κ3) is 2.13. The van der Waals surface area contributed by atoms with Crippen molar-refractivity contribution in [2.24, 2.45) is 0 Å². The van der Waals surface area contributed by atoms with Gasteiger partial charge in [0.1, 0.15) is 6.20 Å². The molecule has 1 atom stereocenters. The molecule has 0 saturated carbocycles. The molecule has 0 aliphatic carbocycles. The molecule has 17 heavy (non-hydrogen) atoms. The standard InChI is InChI=1S/C10H15N5O2/c1-7-4-3-5-14(7)9-8(15(16)17)6-12-10(11-2)13-9/h6-7H,3-5H2,1-2H3,(H,11,12,13). The minimum Gasteiger partial charge on any atom is -0.357 e. The third-order valence-electron chi connectivity index (χ3n) is 3.00. The van der Waals surface area contributed by atoms with Gasteiger partial charge >= 0.3 is 5.69 Å². The zero-order valence-corrected chi connectivity index (χ0v) is 9.88. The van der Waals surface area contributed by atoms with Crippen LogP contribution in [0.4, 0.5) is 17.5 Å². The van der Waals surface area contributed by atoms with Crippen molar-refractivity contribution in [3.63, 3.8) is 0 Å². The van der Waals surface area contributed by atoms with Crippen molar-refractivity contribution in [3.8, 4) is 0 Å². The quantitative estimate of drug-likeness (QED) is 0.632. The second kappa shape index (κ2) is 4.52. The molecular formula is C10H15N5O2. The van der Waals surface area contributed by atoms with Gasteiger partial charge in [0.15, 0.2) is 0 Å². The van der Waals surface area contributed by atoms with Crippen molar-refractivity contribution in [1.29, 1.82) is 0 Å². The predicted octanol–water partition coefficient (Wildman–Crippen LogP) is 1.42. The van der Waals surface area contributed by atoms with Crippen LogP contribution < -0.4 is 10.2 Å². The summed E-state index contributed by atoms with van der Waals surface area (Å²) in [7, 11) is 1.69. The number of hydrogen-bond donors (Lipinski definition) is 1. The summed E-state index contributed by atoms with van der Waals surface area (Å²) in [6, 6.07) is 0.285. The maximum Gasteiger partial charge on any atom is 0.329 e. The smallest absolute Gasteiger partial charge is 0.329 e. The van der Waals surface area contributed by atoms with E-state index in [9.17, 15) is 10.1 Å². The minimum atomic E-state index is -0.431. The molecule has 2 rings (SSSR count). The number of nitrogens with zero attached hydrogens (tertiary/aromatic N) is 4. The lowest BCUT2D eigenvalue weighted by molar-refractivity contribution is -0.384. The van der Waals surface area contributed by atoms with E-state index in [-0.39, 0.29) is 11.7 Å². The zero-order chi connectivity index (χ0) is 12.4. The summed E-state index contributed by atoms with van der Waals surface area (Å²) in [5.74, 6) is 0.823. The topological polar surface area (TPSA) is 84.2 Å². The molecule has 0 radical (unpaired) electrons. The van der Waals surface area contributed by atoms with Crippen molar-refractivity contribution >= 4 is 17.5 Å². The van der Waals surface area contributed by atoms with E-state index in [0.29, 0.717) is 11.8 Å². The molecule has 1 N–H and O–H groups in total. The predicted molar refractivity (Wildman–Crippen MR) is 64.3 cm³/mol. The fourth-order valence-corrected chi connectivity index (χ4v) is 2.07. The molecule has 7 nitrogen and oxygen atoms in total. The summed E-state index contributed by atoms with van der Waals surface area (Å²) >= 11 is 0. The molecule has 1 aliphatic rings. The SMILES string of the molecule is CNc1ncc([N+](=O)[O-])c(N2CCCC2C)n1. The Morgan fingerprint density at radius 3 is 2.94 bits per heavy atom. The highest BCUT2D eigenvalue weighted by atomic mass is 16.6. The van der Waals surface area contributed by atoms with Gasteiger partial charge in [-0.05, 0) is 19.8 Å². The van der Waals surface area contributed by atoms with Crippen LogP contribution in [0.25, 0.3) is 0 Å². The molecular weight excluding hydrogens is 222 g/mol. The van der Waals surface area contributed by atoms with Crippen LogP contribution in [0.15, 0.2) is 6.20 Å². The normalized spacial score (nSPS) is 19.4. The first-order valence-corrected chi connectivity index (χ1v) is 5.59. The Morgan fingerprint density at radius 2 is 2.41 bits per heavy atom. The number of nitrogens with one attached hydrogen (secondary N) is 1. The molecule has 92 valence electrons. The molecule has 1 aromatic rings. The van der Waals surface area contributed by atoms with E-state index in [0.717, 1.165) is 19.4 Å². The Hall–Kier alpha value is -1.92. The Labute approximate surface area is 99.0 Å². The number of nitro groups is 1. The largest absolute Gasteiger partial charge is 0.357 e. The van der Waals surface area contributed by atoms with E-state index in [1.54, 1.807) is 7.05 Å². The lowest BCUT2D eigenvalue weighted by Gasteiger charge is -2.22. The van der Waals surface area contributed by atoms with Gasteiger partial charge in [0, 0.05) is 19.6 Å². The highest BCUT2D eigenvalue weighted by Crippen LogP contribution is 2.31. The van der Waals surface area contributed by atoms with Crippen LogP contribution >= 0.6 is 0 Å². The fraction of sp³-hybridized carbons (Fsp3) is 0.600. The summed E-state index contributed by atoms with van der Waals surface area (Å²) in [6.45, 7) is 2.86. The van der Waals surface area contributed by atoms with Gasteiger partial charge in [0.05, 0.1) is 4.92 Å². The van der Waals surface area contributed by atoms with Crippen LogP contribution in [0.2, 0.25) is 0 Å². The van der Waals surface area contributed by atoms with Crippen LogP contribution in [0.5, 0.6) is 0 Å². The van der Waals surface area contributed by atoms with E-state index in [2.05, 4.69) is 22.2 Å². The summed E-state index contributed by atoms with van der Waals surface area (Å²) in [4.78, 5) is 20.6. The maximum atomic E-state index is 11.0. The molecule has 1 saturated heterocycles. The molecule has 0 spiro atoms. The highest BCUT2D eigenvalue weighted by molar-refractivity contribution is 5.59. The average molecular weight is 237 g/mol. The average Bonchev–Trinajstić information content (AvgIpc) is 2.74. The van der Waals surface area contributed by atoms with Gasteiger partial charge in [-0.15, -0.1) is 0 Å². The lowest BCUT2D eigenvalue weighted by atomic mass is 10.2. The molecule has 1 aliphatic heterocycles. The molecule has 0 amide bonds. The Kier molecular flexibility index (Phi) is 3.08. The van der Waals surface area contributed by atoms with Crippen molar-refractivity contribution < 1.29 is 4.92 Å². The molecule has 2 heterocycles. The van der Waals surface area contributed by atoms with Crippen LogP contribution in [0, 0.1) is 10.1 Å².